The van der Waals surface area contributed by atoms with Gasteiger partial charge in [0.2, 0.25) is 0 Å². The van der Waals surface area contributed by atoms with Crippen molar-refractivity contribution >= 4 is 11.6 Å². The SMILES string of the molecule is Cn1c(CN)nc(-c2ccc[nH]2)c1Cl. The monoisotopic (exact) mass is 210 g/mol. The largest absolute Gasteiger partial charge is 0.360 e. The fraction of sp³-hybridized carbons (Fsp3) is 0.222. The number of nitrogens with two attached hydrogens (primary N) is 1. The minimum Gasteiger partial charge on any atom is -0.360 e. The van der Waals surface area contributed by atoms with Crippen molar-refractivity contribution in [1.82, 2.24) is 14.5 Å². The van der Waals surface area contributed by atoms with E-state index in [4.69, 9.17) is 17.3 Å². The summed E-state index contributed by atoms with van der Waals surface area (Å²) in [4.78, 5) is 7.40. The van der Waals surface area contributed by atoms with E-state index in [9.17, 15) is 0 Å². The van der Waals surface area contributed by atoms with Crippen LogP contribution in [0.1, 0.15) is 5.82 Å². The van der Waals surface area contributed by atoms with E-state index in [0.717, 1.165) is 17.2 Å². The molecule has 4 nitrogen and oxygen atoms in total. The highest BCUT2D eigenvalue weighted by molar-refractivity contribution is 6.32. The summed E-state index contributed by atoms with van der Waals surface area (Å²) in [5, 5.41) is 0.605. The van der Waals surface area contributed by atoms with E-state index in [1.165, 1.54) is 0 Å². The van der Waals surface area contributed by atoms with E-state index in [-0.39, 0.29) is 0 Å². The number of rotatable bonds is 2. The number of imidazole rings is 1. The molecule has 0 bridgehead atoms. The summed E-state index contributed by atoms with van der Waals surface area (Å²) >= 11 is 6.11. The van der Waals surface area contributed by atoms with Crippen LogP contribution in [0.2, 0.25) is 5.15 Å². The Labute approximate surface area is 86.7 Å². The molecule has 0 fully saturated rings. The second kappa shape index (κ2) is 3.48. The molecule has 0 unspecified atom stereocenters. The van der Waals surface area contributed by atoms with E-state index in [2.05, 4.69) is 9.97 Å². The van der Waals surface area contributed by atoms with Crippen molar-refractivity contribution in [2.75, 3.05) is 0 Å². The van der Waals surface area contributed by atoms with Crippen LogP contribution in [0.3, 0.4) is 0 Å². The van der Waals surface area contributed by atoms with Gasteiger partial charge in [-0.2, -0.15) is 0 Å². The van der Waals surface area contributed by atoms with Crippen molar-refractivity contribution in [2.24, 2.45) is 12.8 Å². The molecule has 0 aromatic carbocycles. The van der Waals surface area contributed by atoms with Gasteiger partial charge in [-0.1, -0.05) is 11.6 Å². The summed E-state index contributed by atoms with van der Waals surface area (Å²) in [5.74, 6) is 0.777. The summed E-state index contributed by atoms with van der Waals surface area (Å²) in [6.07, 6.45) is 1.84. The van der Waals surface area contributed by atoms with Gasteiger partial charge in [-0.25, -0.2) is 4.98 Å². The van der Waals surface area contributed by atoms with Gasteiger partial charge < -0.3 is 15.3 Å². The molecule has 14 heavy (non-hydrogen) atoms. The maximum atomic E-state index is 6.11. The van der Waals surface area contributed by atoms with Crippen molar-refractivity contribution in [2.45, 2.75) is 6.54 Å². The molecular weight excluding hydrogens is 200 g/mol. The summed E-state index contributed by atoms with van der Waals surface area (Å²) in [7, 11) is 1.85. The Morgan fingerprint density at radius 2 is 2.43 bits per heavy atom. The van der Waals surface area contributed by atoms with Gasteiger partial charge in [0.05, 0.1) is 12.2 Å². The molecule has 2 rings (SSSR count). The van der Waals surface area contributed by atoms with Crippen LogP contribution in [0.25, 0.3) is 11.4 Å². The highest BCUT2D eigenvalue weighted by atomic mass is 35.5. The Balaban J connectivity index is 2.55. The average Bonchev–Trinajstić information content (AvgIpc) is 2.78. The number of H-pyrrole nitrogens is 1. The molecule has 0 radical (unpaired) electrons. The molecule has 0 atom stereocenters. The van der Waals surface area contributed by atoms with Crippen molar-refractivity contribution in [3.63, 3.8) is 0 Å². The van der Waals surface area contributed by atoms with Gasteiger partial charge in [-0.15, -0.1) is 0 Å². The Bertz CT molecular complexity index is 430. The number of halogens is 1. The maximum Gasteiger partial charge on any atom is 0.138 e. The molecule has 5 heteroatoms. The molecule has 0 amide bonds. The highest BCUT2D eigenvalue weighted by Gasteiger charge is 2.13. The summed E-state index contributed by atoms with van der Waals surface area (Å²) in [5.41, 5.74) is 7.19. The van der Waals surface area contributed by atoms with Gasteiger partial charge in [0.1, 0.15) is 16.7 Å². The molecule has 0 aliphatic rings. The summed E-state index contributed by atoms with van der Waals surface area (Å²) < 4.78 is 1.79. The molecular formula is C9H11ClN4. The molecule has 2 heterocycles. The van der Waals surface area contributed by atoms with Crippen LogP contribution in [-0.4, -0.2) is 14.5 Å². The van der Waals surface area contributed by atoms with E-state index in [1.54, 1.807) is 4.57 Å². The Morgan fingerprint density at radius 3 is 2.93 bits per heavy atom. The molecule has 0 aliphatic heterocycles. The van der Waals surface area contributed by atoms with Crippen molar-refractivity contribution < 1.29 is 0 Å². The zero-order chi connectivity index (χ0) is 10.1. The maximum absolute atomic E-state index is 6.11. The van der Waals surface area contributed by atoms with Gasteiger partial charge >= 0.3 is 0 Å². The molecule has 2 aromatic heterocycles. The first-order chi connectivity index (χ1) is 6.74. The third-order valence-electron chi connectivity index (χ3n) is 2.15. The molecule has 0 saturated heterocycles. The zero-order valence-electron chi connectivity index (χ0n) is 7.79. The van der Waals surface area contributed by atoms with E-state index in [1.807, 2.05) is 25.4 Å². The van der Waals surface area contributed by atoms with Gasteiger partial charge in [0.25, 0.3) is 0 Å². The van der Waals surface area contributed by atoms with Crippen LogP contribution in [0.4, 0.5) is 0 Å². The van der Waals surface area contributed by atoms with Crippen LogP contribution in [0, 0.1) is 0 Å². The van der Waals surface area contributed by atoms with Crippen molar-refractivity contribution in [1.29, 1.82) is 0 Å². The third kappa shape index (κ3) is 1.32. The quantitative estimate of drug-likeness (QED) is 0.790. The molecule has 0 spiro atoms. The molecule has 0 aliphatic carbocycles. The van der Waals surface area contributed by atoms with Crippen LogP contribution in [0.15, 0.2) is 18.3 Å². The fourth-order valence-electron chi connectivity index (χ4n) is 1.35. The predicted molar refractivity (Wildman–Crippen MR) is 55.9 cm³/mol. The first-order valence-electron chi connectivity index (χ1n) is 4.29. The van der Waals surface area contributed by atoms with Crippen LogP contribution in [0.5, 0.6) is 0 Å². The normalized spacial score (nSPS) is 10.8. The number of nitrogens with one attached hydrogen (secondary N) is 1. The molecule has 3 N–H and O–H groups in total. The van der Waals surface area contributed by atoms with E-state index in [0.29, 0.717) is 11.7 Å². The standard InChI is InChI=1S/C9H11ClN4/c1-14-7(5-11)13-8(9(14)10)6-3-2-4-12-6/h2-4,12H,5,11H2,1H3. The van der Waals surface area contributed by atoms with Crippen LogP contribution in [-0.2, 0) is 13.6 Å². The Morgan fingerprint density at radius 1 is 1.64 bits per heavy atom. The third-order valence-corrected chi connectivity index (χ3v) is 2.59. The van der Waals surface area contributed by atoms with Crippen LogP contribution < -0.4 is 5.73 Å². The van der Waals surface area contributed by atoms with Crippen molar-refractivity contribution in [3.8, 4) is 11.4 Å². The van der Waals surface area contributed by atoms with E-state index < -0.39 is 0 Å². The number of aromatic amines is 1. The lowest BCUT2D eigenvalue weighted by Gasteiger charge is -1.96. The lowest BCUT2D eigenvalue weighted by atomic mass is 10.3. The van der Waals surface area contributed by atoms with Crippen molar-refractivity contribution in [3.05, 3.63) is 29.3 Å². The second-order valence-electron chi connectivity index (χ2n) is 3.01. The number of aromatic nitrogens is 3. The number of nitrogens with zero attached hydrogens (tertiary/aromatic N) is 2. The highest BCUT2D eigenvalue weighted by Crippen LogP contribution is 2.25. The van der Waals surface area contributed by atoms with Gasteiger partial charge in [-0.3, -0.25) is 0 Å². The lowest BCUT2D eigenvalue weighted by Crippen LogP contribution is -2.04. The zero-order valence-corrected chi connectivity index (χ0v) is 8.54. The fourth-order valence-corrected chi connectivity index (χ4v) is 1.60. The minimum atomic E-state index is 0.386. The molecule has 74 valence electrons. The van der Waals surface area contributed by atoms with E-state index >= 15 is 0 Å². The number of hydrogen-bond donors (Lipinski definition) is 2. The number of hydrogen-bond acceptors (Lipinski definition) is 2. The first-order valence-corrected chi connectivity index (χ1v) is 4.66. The predicted octanol–water partition coefficient (Wildman–Crippen LogP) is 1.53. The van der Waals surface area contributed by atoms with Gasteiger partial charge in [0, 0.05) is 13.2 Å². The molecule has 2 aromatic rings. The topological polar surface area (TPSA) is 59.6 Å². The van der Waals surface area contributed by atoms with Crippen LogP contribution >= 0.6 is 11.6 Å². The average molecular weight is 211 g/mol. The Kier molecular flexibility index (Phi) is 2.31. The molecule has 0 saturated carbocycles. The summed E-state index contributed by atoms with van der Waals surface area (Å²) in [6.45, 7) is 0.386. The second-order valence-corrected chi connectivity index (χ2v) is 3.37. The van der Waals surface area contributed by atoms with Gasteiger partial charge in [-0.05, 0) is 12.1 Å². The minimum absolute atomic E-state index is 0.386. The first kappa shape index (κ1) is 9.30. The lowest BCUT2D eigenvalue weighted by molar-refractivity contribution is 0.794. The summed E-state index contributed by atoms with van der Waals surface area (Å²) in [6, 6.07) is 3.83. The smallest absolute Gasteiger partial charge is 0.138 e. The van der Waals surface area contributed by atoms with Gasteiger partial charge in [0.15, 0.2) is 0 Å². The Hall–Kier alpha value is -1.26.